The van der Waals surface area contributed by atoms with Gasteiger partial charge in [0.1, 0.15) is 31.8 Å². The van der Waals surface area contributed by atoms with Gasteiger partial charge in [-0.1, -0.05) is 109 Å². The molecule has 0 N–H and O–H groups in total. The molecule has 0 aliphatic carbocycles. The summed E-state index contributed by atoms with van der Waals surface area (Å²) >= 11 is 0. The maximum atomic E-state index is 2.24. The van der Waals surface area contributed by atoms with Crippen LogP contribution in [0.15, 0.2) is 182 Å². The molecule has 6 aromatic carbocycles. The van der Waals surface area contributed by atoms with Gasteiger partial charge in [-0.25, -0.2) is 0 Å². The Morgan fingerprint density at radius 3 is 0.475 bits per heavy atom. The fourth-order valence-corrected chi connectivity index (χ4v) is 9.78. The van der Waals surface area contributed by atoms with E-state index in [0.717, 1.165) is 0 Å². The third kappa shape index (κ3) is 8.42. The summed E-state index contributed by atoms with van der Waals surface area (Å²) in [5.74, 6) is 0. The summed E-state index contributed by atoms with van der Waals surface area (Å²) in [4.78, 5) is 0. The van der Waals surface area contributed by atoms with E-state index in [-0.39, 0.29) is 27.8 Å². The zero-order valence-corrected chi connectivity index (χ0v) is 26.2. The van der Waals surface area contributed by atoms with E-state index < -0.39 is 15.8 Å². The number of hydrogen-bond acceptors (Lipinski definition) is 0. The Morgan fingerprint density at radius 1 is 0.225 bits per heavy atom. The van der Waals surface area contributed by atoms with Crippen molar-refractivity contribution in [3.8, 4) is 0 Å². The molecule has 0 nitrogen and oxygen atoms in total. The normalized spacial score (nSPS) is 10.1. The van der Waals surface area contributed by atoms with Crippen molar-refractivity contribution in [3.63, 3.8) is 0 Å². The van der Waals surface area contributed by atoms with Gasteiger partial charge in [-0.3, -0.25) is 0 Å². The van der Waals surface area contributed by atoms with Gasteiger partial charge in [0.2, 0.25) is 0 Å². The largest absolute Gasteiger partial charge is 2.00 e. The molecule has 0 saturated carbocycles. The third-order valence-electron chi connectivity index (χ3n) is 6.37. The van der Waals surface area contributed by atoms with Crippen LogP contribution in [0.2, 0.25) is 0 Å². The van der Waals surface area contributed by atoms with E-state index in [4.69, 9.17) is 0 Å². The minimum Gasteiger partial charge on any atom is -0.358 e. The molecule has 0 bridgehead atoms. The van der Waals surface area contributed by atoms with Gasteiger partial charge >= 0.3 is 20.4 Å². The second kappa shape index (κ2) is 16.8. The fraction of sp³-hybridized carbons (Fsp3) is 0. The van der Waals surface area contributed by atoms with Crippen molar-refractivity contribution in [2.75, 3.05) is 0 Å². The first kappa shape index (κ1) is 31.4. The van der Waals surface area contributed by atoms with Crippen LogP contribution in [-0.2, 0) is 20.4 Å². The summed E-state index contributed by atoms with van der Waals surface area (Å²) in [7, 11) is -1.75. The van der Waals surface area contributed by atoms with E-state index in [1.807, 2.05) is 0 Å². The predicted molar refractivity (Wildman–Crippen MR) is 179 cm³/mol. The van der Waals surface area contributed by atoms with Gasteiger partial charge in [-0.2, -0.15) is 0 Å². The zero-order chi connectivity index (χ0) is 25.8. The Labute approximate surface area is 256 Å². The van der Waals surface area contributed by atoms with Gasteiger partial charge in [0, 0.05) is 0 Å². The molecule has 6 aromatic rings. The van der Waals surface area contributed by atoms with Crippen molar-refractivity contribution in [2.24, 2.45) is 0 Å². The van der Waals surface area contributed by atoms with Crippen LogP contribution in [0.5, 0.6) is 0 Å². The molecule has 0 amide bonds. The van der Waals surface area contributed by atoms with Crippen molar-refractivity contribution in [1.82, 2.24) is 0 Å². The number of benzene rings is 6. The van der Waals surface area contributed by atoms with Crippen molar-refractivity contribution in [3.05, 3.63) is 189 Å². The number of rotatable bonds is 6. The van der Waals surface area contributed by atoms with Gasteiger partial charge in [0.05, 0.1) is 15.8 Å². The first-order chi connectivity index (χ1) is 18.9. The third-order valence-corrected chi connectivity index (χ3v) is 11.8. The Hall–Kier alpha value is -3.16. The van der Waals surface area contributed by atoms with Crippen LogP contribution >= 0.6 is 15.8 Å². The minimum absolute atomic E-state index is 0. The van der Waals surface area contributed by atoms with Crippen LogP contribution in [0.3, 0.4) is 0 Å². The monoisotopic (exact) mass is 647 g/mol. The second-order valence-electron chi connectivity index (χ2n) is 8.95. The molecule has 0 spiro atoms. The van der Waals surface area contributed by atoms with Crippen LogP contribution in [0.25, 0.3) is 0 Å². The van der Waals surface area contributed by atoms with Gasteiger partial charge < -0.3 is 7.43 Å². The van der Waals surface area contributed by atoms with Crippen LogP contribution in [-0.4, -0.2) is 0 Å². The van der Waals surface area contributed by atoms with Crippen molar-refractivity contribution in [1.29, 1.82) is 0 Å². The molecule has 0 unspecified atom stereocenters. The molecular weight excluding hydrogens is 613 g/mol. The molecule has 3 heteroatoms. The summed E-state index contributed by atoms with van der Waals surface area (Å²) in [5, 5.41) is 8.61. The molecule has 200 valence electrons. The van der Waals surface area contributed by atoms with E-state index >= 15 is 0 Å². The van der Waals surface area contributed by atoms with Crippen molar-refractivity contribution in [2.45, 2.75) is 0 Å². The van der Waals surface area contributed by atoms with Gasteiger partial charge in [-0.05, 0) is 72.8 Å². The molecule has 0 aromatic heterocycles. The Morgan fingerprint density at radius 2 is 0.350 bits per heavy atom. The Kier molecular flexibility index (Phi) is 13.2. The first-order valence-corrected chi connectivity index (χ1v) is 16.0. The Balaban J connectivity index is 0.000000210. The molecule has 0 saturated heterocycles. The average Bonchev–Trinajstić information content (AvgIpc) is 3.01. The molecule has 6 rings (SSSR count). The molecule has 0 radical (unpaired) electrons. The molecular formula is C37H35P2Pd+3. The van der Waals surface area contributed by atoms with Crippen LogP contribution < -0.4 is 31.8 Å². The van der Waals surface area contributed by atoms with Crippen LogP contribution in [0, 0.1) is 7.43 Å². The fourth-order valence-electron chi connectivity index (χ4n) is 4.63. The number of hydrogen-bond donors (Lipinski definition) is 0. The molecule has 40 heavy (non-hydrogen) atoms. The van der Waals surface area contributed by atoms with E-state index in [1.165, 1.54) is 31.8 Å². The molecule has 0 aliphatic heterocycles. The maximum absolute atomic E-state index is 2.24. The predicted octanol–water partition coefficient (Wildman–Crippen LogP) is 6.80. The summed E-state index contributed by atoms with van der Waals surface area (Å²) in [6.07, 6.45) is 0. The van der Waals surface area contributed by atoms with E-state index in [0.29, 0.717) is 0 Å². The summed E-state index contributed by atoms with van der Waals surface area (Å²) < 4.78 is 0. The van der Waals surface area contributed by atoms with Gasteiger partial charge in [-0.15, -0.1) is 0 Å². The Bertz CT molecular complexity index is 1170. The quantitative estimate of drug-likeness (QED) is 0.106. The topological polar surface area (TPSA) is 0 Å². The van der Waals surface area contributed by atoms with E-state index in [2.05, 4.69) is 182 Å². The standard InChI is InChI=1S/2C18H15P.CH3.Pd/c2*1-4-10-16(11-5-1)19(17-12-6-2-7-13-17)18-14-8-3-9-15-18;;/h2*1-15H;1H3;/q;;-1;+2/p+2. The van der Waals surface area contributed by atoms with Gasteiger partial charge in [0.15, 0.2) is 0 Å². The van der Waals surface area contributed by atoms with Crippen LogP contribution in [0.4, 0.5) is 0 Å². The van der Waals surface area contributed by atoms with Crippen molar-refractivity contribution >= 4 is 47.7 Å². The van der Waals surface area contributed by atoms with E-state index in [9.17, 15) is 0 Å². The summed E-state index contributed by atoms with van der Waals surface area (Å²) in [5.41, 5.74) is 0. The minimum atomic E-state index is -0.877. The van der Waals surface area contributed by atoms with Crippen molar-refractivity contribution < 1.29 is 20.4 Å². The smallest absolute Gasteiger partial charge is 0.358 e. The molecule has 0 heterocycles. The summed E-state index contributed by atoms with van der Waals surface area (Å²) in [6.45, 7) is 0. The first-order valence-electron chi connectivity index (χ1n) is 13.0. The van der Waals surface area contributed by atoms with Crippen LogP contribution in [0.1, 0.15) is 0 Å². The van der Waals surface area contributed by atoms with E-state index in [1.54, 1.807) is 0 Å². The zero-order valence-electron chi connectivity index (χ0n) is 22.6. The summed E-state index contributed by atoms with van der Waals surface area (Å²) in [6, 6.07) is 65.0. The second-order valence-corrected chi connectivity index (χ2v) is 13.9. The van der Waals surface area contributed by atoms with Gasteiger partial charge in [0.25, 0.3) is 0 Å². The SMILES string of the molecule is [CH3-].[Pd+2].c1ccc([PH+](c2ccccc2)c2ccccc2)cc1.c1ccc([PH+](c2ccccc2)c2ccccc2)cc1. The molecule has 0 fully saturated rings. The molecule has 0 aliphatic rings. The molecule has 0 atom stereocenters. The maximum Gasteiger partial charge on any atom is 2.00 e. The average molecular weight is 648 g/mol.